The van der Waals surface area contributed by atoms with Crippen LogP contribution in [0.15, 0.2) is 73.3 Å². The van der Waals surface area contributed by atoms with Crippen LogP contribution in [0.25, 0.3) is 24.3 Å². The molecule has 0 spiro atoms. The molecular weight excluding hydrogens is 423 g/mol. The number of aldehydes is 1. The molecule has 0 fully saturated rings. The Labute approximate surface area is 188 Å². The lowest BCUT2D eigenvalue weighted by atomic mass is 10.1. The predicted molar refractivity (Wildman–Crippen MR) is 125 cm³/mol. The molecule has 0 saturated carbocycles. The first-order chi connectivity index (χ1) is 15.4. The van der Waals surface area contributed by atoms with Gasteiger partial charge in [0, 0.05) is 24.3 Å². The van der Waals surface area contributed by atoms with E-state index in [9.17, 15) is 9.36 Å². The van der Waals surface area contributed by atoms with Gasteiger partial charge in [0.1, 0.15) is 12.4 Å². The minimum absolute atomic E-state index is 0.167. The van der Waals surface area contributed by atoms with Crippen LogP contribution in [-0.4, -0.2) is 22.2 Å². The lowest BCUT2D eigenvalue weighted by Gasteiger charge is -2.00. The van der Waals surface area contributed by atoms with Crippen molar-refractivity contribution in [2.45, 2.75) is 19.5 Å². The lowest BCUT2D eigenvalue weighted by molar-refractivity contribution is -0.695. The van der Waals surface area contributed by atoms with Crippen molar-refractivity contribution >= 4 is 38.2 Å². The summed E-state index contributed by atoms with van der Waals surface area (Å²) in [6.45, 7) is 0.981. The highest BCUT2D eigenvalue weighted by molar-refractivity contribution is 7.51. The van der Waals surface area contributed by atoms with Crippen LogP contribution in [0.5, 0.6) is 0 Å². The van der Waals surface area contributed by atoms with Crippen molar-refractivity contribution < 1.29 is 28.3 Å². The first-order valence-electron chi connectivity index (χ1n) is 10.3. The molecule has 2 heterocycles. The van der Waals surface area contributed by atoms with E-state index in [4.69, 9.17) is 9.79 Å². The normalized spacial score (nSPS) is 11.9. The van der Waals surface area contributed by atoms with Gasteiger partial charge in [0.05, 0.1) is 6.42 Å². The number of aryl methyl sites for hydroxylation is 2. The Kier molecular flexibility index (Phi) is 8.40. The van der Waals surface area contributed by atoms with Crippen LogP contribution in [0, 0.1) is 0 Å². The number of hydrogen-bond acceptors (Lipinski definition) is 2. The maximum Gasteiger partial charge on any atom is 0.331 e. The molecule has 6 nitrogen and oxygen atoms in total. The van der Waals surface area contributed by atoms with Gasteiger partial charge in [0.25, 0.3) is 0 Å². The zero-order valence-electron chi connectivity index (χ0n) is 17.7. The second kappa shape index (κ2) is 11.4. The van der Waals surface area contributed by atoms with Gasteiger partial charge in [-0.3, -0.25) is 4.57 Å². The van der Waals surface area contributed by atoms with Crippen LogP contribution in [0.2, 0.25) is 0 Å². The summed E-state index contributed by atoms with van der Waals surface area (Å²) in [5.41, 5.74) is 4.29. The fourth-order valence-corrected chi connectivity index (χ4v) is 3.50. The molecule has 0 aliphatic heterocycles. The van der Waals surface area contributed by atoms with Gasteiger partial charge in [-0.25, -0.2) is 9.13 Å². The highest BCUT2D eigenvalue weighted by atomic mass is 31.2. The quantitative estimate of drug-likeness (QED) is 0.282. The topological polar surface area (TPSA) is 82.4 Å². The van der Waals surface area contributed by atoms with Crippen LogP contribution in [0.1, 0.15) is 28.7 Å². The highest BCUT2D eigenvalue weighted by Gasteiger charge is 2.15. The second-order valence-electron chi connectivity index (χ2n) is 7.42. The van der Waals surface area contributed by atoms with Crippen molar-refractivity contribution in [2.24, 2.45) is 0 Å². The van der Waals surface area contributed by atoms with E-state index in [2.05, 4.69) is 36.4 Å². The van der Waals surface area contributed by atoms with Gasteiger partial charge in [0.15, 0.2) is 37.9 Å². The van der Waals surface area contributed by atoms with Gasteiger partial charge in [-0.1, -0.05) is 48.6 Å². The Balaban J connectivity index is 1.55. The smallest absolute Gasteiger partial charge is 0.324 e. The minimum Gasteiger partial charge on any atom is -0.324 e. The zero-order valence-corrected chi connectivity index (χ0v) is 18.6. The molecule has 0 aliphatic rings. The summed E-state index contributed by atoms with van der Waals surface area (Å²) in [5, 5.41) is 0. The van der Waals surface area contributed by atoms with E-state index in [0.717, 1.165) is 28.5 Å². The number of pyridine rings is 2. The van der Waals surface area contributed by atoms with E-state index in [-0.39, 0.29) is 12.7 Å². The van der Waals surface area contributed by atoms with Crippen LogP contribution in [0.3, 0.4) is 0 Å². The lowest BCUT2D eigenvalue weighted by Crippen LogP contribution is -2.34. The fraction of sp³-hybridized carbons (Fsp3) is 0.160. The number of benzene rings is 1. The van der Waals surface area contributed by atoms with Gasteiger partial charge in [-0.2, -0.15) is 0 Å². The molecule has 0 radical (unpaired) electrons. The SMILES string of the molecule is O=CCC[n+]1ccc(/C=C/c2ccc(/C=C/c3cc[n+](CCP(=O)(O)O)cc3)cc2)cc1. The van der Waals surface area contributed by atoms with Gasteiger partial charge >= 0.3 is 7.60 Å². The molecule has 2 aromatic heterocycles. The molecule has 164 valence electrons. The summed E-state index contributed by atoms with van der Waals surface area (Å²) in [6.07, 6.45) is 17.0. The molecule has 0 bridgehead atoms. The van der Waals surface area contributed by atoms with E-state index >= 15 is 0 Å². The average Bonchev–Trinajstić information content (AvgIpc) is 2.80. The Morgan fingerprint density at radius 3 is 1.41 bits per heavy atom. The third-order valence-corrected chi connectivity index (χ3v) is 5.64. The molecule has 0 aliphatic carbocycles. The molecule has 0 amide bonds. The molecule has 3 aromatic rings. The number of carbonyl (C=O) groups excluding carboxylic acids is 1. The van der Waals surface area contributed by atoms with Crippen molar-refractivity contribution in [3.63, 3.8) is 0 Å². The Morgan fingerprint density at radius 1 is 0.656 bits per heavy atom. The van der Waals surface area contributed by atoms with Crippen LogP contribution in [-0.2, 0) is 22.4 Å². The van der Waals surface area contributed by atoms with Gasteiger partial charge in [-0.05, 0) is 22.3 Å². The molecule has 0 atom stereocenters. The second-order valence-corrected chi connectivity index (χ2v) is 9.19. The van der Waals surface area contributed by atoms with E-state index in [1.54, 1.807) is 4.57 Å². The number of nitrogens with zero attached hydrogens (tertiary/aromatic N) is 2. The van der Waals surface area contributed by atoms with Crippen molar-refractivity contribution in [3.8, 4) is 0 Å². The molecule has 0 saturated heterocycles. The van der Waals surface area contributed by atoms with Crippen molar-refractivity contribution in [3.05, 3.63) is 95.6 Å². The summed E-state index contributed by atoms with van der Waals surface area (Å²) in [7, 11) is -3.98. The zero-order chi connectivity index (χ0) is 22.8. The van der Waals surface area contributed by atoms with Crippen molar-refractivity contribution in [2.75, 3.05) is 6.16 Å². The minimum atomic E-state index is -3.98. The van der Waals surface area contributed by atoms with E-state index in [1.807, 2.05) is 65.8 Å². The third-order valence-electron chi connectivity index (χ3n) is 4.86. The van der Waals surface area contributed by atoms with E-state index < -0.39 is 7.60 Å². The molecule has 7 heteroatoms. The van der Waals surface area contributed by atoms with E-state index in [0.29, 0.717) is 13.0 Å². The van der Waals surface area contributed by atoms with Gasteiger partial charge < -0.3 is 14.6 Å². The maximum atomic E-state index is 11.0. The molecule has 1 aromatic carbocycles. The molecule has 3 rings (SSSR count). The maximum absolute atomic E-state index is 11.0. The third kappa shape index (κ3) is 8.16. The van der Waals surface area contributed by atoms with Crippen molar-refractivity contribution in [1.82, 2.24) is 0 Å². The standard InChI is InChI=1S/C25H25N2O4P/c28-20-1-14-26-15-10-24(11-16-26)8-6-22-2-4-23(5-3-22)7-9-25-12-17-27(18-13-25)19-21-32(29,30)31/h2-13,15-18,20H,1,14,19,21H2/p+2/b8-6+,9-7+. The highest BCUT2D eigenvalue weighted by Crippen LogP contribution is 2.33. The summed E-state index contributed by atoms with van der Waals surface area (Å²) >= 11 is 0. The largest absolute Gasteiger partial charge is 0.331 e. The summed E-state index contributed by atoms with van der Waals surface area (Å²) in [5.74, 6) is 0. The Hall–Kier alpha value is -3.18. The molecule has 0 unspecified atom stereocenters. The average molecular weight is 450 g/mol. The van der Waals surface area contributed by atoms with Crippen LogP contribution in [0.4, 0.5) is 0 Å². The predicted octanol–water partition coefficient (Wildman–Crippen LogP) is 3.37. The monoisotopic (exact) mass is 450 g/mol. The first-order valence-corrected chi connectivity index (χ1v) is 12.1. The first kappa shape index (κ1) is 23.5. The molecule has 32 heavy (non-hydrogen) atoms. The molecule has 2 N–H and O–H groups in total. The number of rotatable bonds is 10. The molecular formula is C25H27N2O4P+2. The fourth-order valence-electron chi connectivity index (χ4n) is 3.01. The summed E-state index contributed by atoms with van der Waals surface area (Å²) in [6, 6.07) is 16.1. The number of carbonyl (C=O) groups is 1. The Morgan fingerprint density at radius 2 is 1.03 bits per heavy atom. The van der Waals surface area contributed by atoms with Crippen LogP contribution < -0.4 is 9.13 Å². The van der Waals surface area contributed by atoms with Gasteiger partial charge in [0.2, 0.25) is 0 Å². The van der Waals surface area contributed by atoms with E-state index in [1.165, 1.54) is 0 Å². The number of aromatic nitrogens is 2. The summed E-state index contributed by atoms with van der Waals surface area (Å²) < 4.78 is 14.7. The van der Waals surface area contributed by atoms with Gasteiger partial charge in [-0.15, -0.1) is 0 Å². The summed E-state index contributed by atoms with van der Waals surface area (Å²) in [4.78, 5) is 28.4. The van der Waals surface area contributed by atoms with Crippen LogP contribution >= 0.6 is 7.60 Å². The van der Waals surface area contributed by atoms with Crippen molar-refractivity contribution in [1.29, 1.82) is 0 Å². The number of hydrogen-bond donors (Lipinski definition) is 2. The Bertz CT molecular complexity index is 1120.